The van der Waals surface area contributed by atoms with Crippen molar-refractivity contribution < 1.29 is 14.4 Å². The van der Waals surface area contributed by atoms with Crippen molar-refractivity contribution in [3.05, 3.63) is 35.9 Å². The van der Waals surface area contributed by atoms with Crippen LogP contribution in [0.5, 0.6) is 0 Å². The third-order valence-electron chi connectivity index (χ3n) is 4.04. The van der Waals surface area contributed by atoms with Crippen LogP contribution in [0.25, 0.3) is 0 Å². The molecule has 1 heterocycles. The van der Waals surface area contributed by atoms with E-state index in [0.29, 0.717) is 13.0 Å². The van der Waals surface area contributed by atoms with Gasteiger partial charge in [0.05, 0.1) is 11.5 Å². The maximum atomic E-state index is 12.4. The monoisotopic (exact) mass is 327 g/mol. The largest absolute Gasteiger partial charge is 0.348 e. The van der Waals surface area contributed by atoms with Crippen LogP contribution in [-0.2, 0) is 20.9 Å². The third-order valence-corrected chi connectivity index (χ3v) is 4.04. The molecule has 2 rings (SSSR count). The van der Waals surface area contributed by atoms with Crippen molar-refractivity contribution in [2.45, 2.75) is 39.3 Å². The van der Waals surface area contributed by atoms with Crippen molar-refractivity contribution in [3.63, 3.8) is 0 Å². The highest BCUT2D eigenvalue weighted by atomic mass is 16.2. The van der Waals surface area contributed by atoms with E-state index in [2.05, 4.69) is 11.4 Å². The lowest BCUT2D eigenvalue weighted by Crippen LogP contribution is -2.47. The summed E-state index contributed by atoms with van der Waals surface area (Å²) in [7, 11) is 0. The van der Waals surface area contributed by atoms with Gasteiger partial charge in [-0.15, -0.1) is 0 Å². The Hall–Kier alpha value is -2.68. The van der Waals surface area contributed by atoms with Crippen LogP contribution in [0, 0.1) is 16.7 Å². The molecule has 1 fully saturated rings. The number of hydrogen-bond acceptors (Lipinski definition) is 4. The smallest absolute Gasteiger partial charge is 0.289 e. The van der Waals surface area contributed by atoms with Gasteiger partial charge in [0.15, 0.2) is 0 Å². The number of amides is 2. The zero-order valence-corrected chi connectivity index (χ0v) is 13.9. The van der Waals surface area contributed by atoms with Crippen LogP contribution in [0.2, 0.25) is 0 Å². The zero-order valence-electron chi connectivity index (χ0n) is 13.9. The Morgan fingerprint density at radius 1 is 1.33 bits per heavy atom. The number of carbonyl (C=O) groups is 3. The first-order valence-electron chi connectivity index (χ1n) is 7.91. The first kappa shape index (κ1) is 17.7. The van der Waals surface area contributed by atoms with Gasteiger partial charge in [-0.3, -0.25) is 14.4 Å². The molecule has 0 aromatic heterocycles. The second kappa shape index (κ2) is 7.26. The topological polar surface area (TPSA) is 90.3 Å². The Morgan fingerprint density at radius 2 is 2.00 bits per heavy atom. The molecule has 1 aromatic carbocycles. The van der Waals surface area contributed by atoms with Gasteiger partial charge in [0.1, 0.15) is 6.04 Å². The second-order valence-electron chi connectivity index (χ2n) is 6.60. The molecule has 1 saturated heterocycles. The fraction of sp³-hybridized carbons (Fsp3) is 0.444. The molecule has 0 bridgehead atoms. The van der Waals surface area contributed by atoms with Gasteiger partial charge in [-0.05, 0) is 25.8 Å². The number of Topliss-reactive ketones (excluding diaryl/α,β-unsaturated/α-hetero) is 1. The first-order chi connectivity index (χ1) is 11.3. The van der Waals surface area contributed by atoms with Gasteiger partial charge in [0.25, 0.3) is 5.91 Å². The molecule has 6 heteroatoms. The minimum absolute atomic E-state index is 0.0907. The number of nitrogens with zero attached hydrogens (tertiary/aromatic N) is 2. The number of rotatable bonds is 6. The molecule has 6 nitrogen and oxygen atoms in total. The number of likely N-dealkylation sites (tertiary alicyclic amines) is 1. The molecule has 1 aliphatic heterocycles. The molecule has 0 aliphatic carbocycles. The molecule has 0 radical (unpaired) electrons. The number of hydrogen-bond donors (Lipinski definition) is 1. The van der Waals surface area contributed by atoms with E-state index in [4.69, 9.17) is 5.26 Å². The predicted octanol–water partition coefficient (Wildman–Crippen LogP) is 1.41. The molecule has 1 N–H and O–H groups in total. The molecular weight excluding hydrogens is 306 g/mol. The summed E-state index contributed by atoms with van der Waals surface area (Å²) in [5.41, 5.74) is 0.169. The van der Waals surface area contributed by atoms with Crippen molar-refractivity contribution in [3.8, 4) is 6.07 Å². The van der Waals surface area contributed by atoms with Crippen molar-refractivity contribution in [2.75, 3.05) is 6.54 Å². The van der Waals surface area contributed by atoms with Crippen LogP contribution in [0.4, 0.5) is 0 Å². The van der Waals surface area contributed by atoms with E-state index >= 15 is 0 Å². The molecule has 126 valence electrons. The van der Waals surface area contributed by atoms with E-state index in [9.17, 15) is 14.4 Å². The van der Waals surface area contributed by atoms with Gasteiger partial charge in [-0.2, -0.15) is 5.26 Å². The van der Waals surface area contributed by atoms with Crippen molar-refractivity contribution >= 4 is 17.6 Å². The quantitative estimate of drug-likeness (QED) is 0.800. The highest BCUT2D eigenvalue weighted by molar-refractivity contribution is 6.38. The lowest BCUT2D eigenvalue weighted by molar-refractivity contribution is -0.143. The van der Waals surface area contributed by atoms with Crippen molar-refractivity contribution in [1.29, 1.82) is 5.26 Å². The van der Waals surface area contributed by atoms with E-state index in [1.165, 1.54) is 4.90 Å². The Morgan fingerprint density at radius 3 is 2.62 bits per heavy atom. The minimum atomic E-state index is -0.745. The summed E-state index contributed by atoms with van der Waals surface area (Å²) in [5, 5.41) is 11.5. The Bertz CT molecular complexity index is 676. The molecule has 0 saturated carbocycles. The summed E-state index contributed by atoms with van der Waals surface area (Å²) in [5.74, 6) is -1.48. The Labute approximate surface area is 141 Å². The lowest BCUT2D eigenvalue weighted by atomic mass is 9.96. The van der Waals surface area contributed by atoms with Gasteiger partial charge in [0.2, 0.25) is 11.7 Å². The molecule has 0 unspecified atom stereocenters. The van der Waals surface area contributed by atoms with E-state index in [1.54, 1.807) is 13.8 Å². The summed E-state index contributed by atoms with van der Waals surface area (Å²) < 4.78 is 0. The van der Waals surface area contributed by atoms with Gasteiger partial charge >= 0.3 is 0 Å². The highest BCUT2D eigenvalue weighted by Crippen LogP contribution is 2.22. The van der Waals surface area contributed by atoms with Gasteiger partial charge < -0.3 is 10.2 Å². The molecule has 24 heavy (non-hydrogen) atoms. The summed E-state index contributed by atoms with van der Waals surface area (Å²) in [6.07, 6.45) is 0.611. The standard InChI is InChI=1S/C18H21N3O3/c1-18(2,11-19)12-20-17(24)16(23)14-8-9-15(22)21(14)10-13-6-4-3-5-7-13/h3-7,14H,8-10,12H2,1-2H3,(H,20,24)/t14-/m1/s1. The normalized spacial score (nSPS) is 17.5. The fourth-order valence-electron chi connectivity index (χ4n) is 2.56. The lowest BCUT2D eigenvalue weighted by Gasteiger charge is -2.24. The SMILES string of the molecule is CC(C)(C#N)CNC(=O)C(=O)[C@H]1CCC(=O)N1Cc1ccccc1. The molecule has 0 spiro atoms. The van der Waals surface area contributed by atoms with Crippen LogP contribution < -0.4 is 5.32 Å². The number of benzene rings is 1. The van der Waals surface area contributed by atoms with E-state index < -0.39 is 23.1 Å². The number of nitriles is 1. The molecular formula is C18H21N3O3. The molecule has 1 atom stereocenters. The van der Waals surface area contributed by atoms with Crippen LogP contribution in [-0.4, -0.2) is 35.1 Å². The summed E-state index contributed by atoms with van der Waals surface area (Å²) >= 11 is 0. The maximum absolute atomic E-state index is 12.4. The summed E-state index contributed by atoms with van der Waals surface area (Å²) in [6, 6.07) is 10.7. The predicted molar refractivity (Wildman–Crippen MR) is 87.4 cm³/mol. The van der Waals surface area contributed by atoms with Crippen LogP contribution >= 0.6 is 0 Å². The van der Waals surface area contributed by atoms with E-state index in [1.807, 2.05) is 30.3 Å². The average molecular weight is 327 g/mol. The van der Waals surface area contributed by atoms with Crippen LogP contribution in [0.1, 0.15) is 32.3 Å². The molecule has 1 aromatic rings. The number of carbonyl (C=O) groups excluding carboxylic acids is 3. The van der Waals surface area contributed by atoms with Gasteiger partial charge in [-0.1, -0.05) is 30.3 Å². The molecule has 1 aliphatic rings. The Kier molecular flexibility index (Phi) is 5.35. The zero-order chi connectivity index (χ0) is 17.7. The van der Waals surface area contributed by atoms with Gasteiger partial charge in [-0.25, -0.2) is 0 Å². The minimum Gasteiger partial charge on any atom is -0.348 e. The first-order valence-corrected chi connectivity index (χ1v) is 7.91. The van der Waals surface area contributed by atoms with Crippen molar-refractivity contribution in [1.82, 2.24) is 10.2 Å². The molecule has 2 amide bonds. The highest BCUT2D eigenvalue weighted by Gasteiger charge is 2.39. The second-order valence-corrected chi connectivity index (χ2v) is 6.60. The van der Waals surface area contributed by atoms with E-state index in [0.717, 1.165) is 5.56 Å². The average Bonchev–Trinajstić information content (AvgIpc) is 2.94. The number of nitrogens with one attached hydrogen (secondary N) is 1. The maximum Gasteiger partial charge on any atom is 0.289 e. The third kappa shape index (κ3) is 4.19. The fourth-order valence-corrected chi connectivity index (χ4v) is 2.56. The summed E-state index contributed by atoms with van der Waals surface area (Å²) in [4.78, 5) is 38.0. The Balaban J connectivity index is 2.03. The van der Waals surface area contributed by atoms with E-state index in [-0.39, 0.29) is 18.9 Å². The van der Waals surface area contributed by atoms with Gasteiger partial charge in [0, 0.05) is 19.5 Å². The van der Waals surface area contributed by atoms with Crippen LogP contribution in [0.15, 0.2) is 30.3 Å². The number of ketones is 1. The van der Waals surface area contributed by atoms with Crippen LogP contribution in [0.3, 0.4) is 0 Å². The summed E-state index contributed by atoms with van der Waals surface area (Å²) in [6.45, 7) is 3.76. The van der Waals surface area contributed by atoms with Crippen molar-refractivity contribution in [2.24, 2.45) is 5.41 Å².